The molecular weight excluding hydrogens is 220 g/mol. The van der Waals surface area contributed by atoms with E-state index in [0.29, 0.717) is 5.56 Å². The van der Waals surface area contributed by atoms with E-state index in [4.69, 9.17) is 5.73 Å². The smallest absolute Gasteiger partial charge is 0.250 e. The SMILES string of the molecule is CCCCCSNc1ccccc1C(N)=O. The quantitative estimate of drug-likeness (QED) is 0.567. The van der Waals surface area contributed by atoms with Crippen molar-refractivity contribution in [1.82, 2.24) is 0 Å². The van der Waals surface area contributed by atoms with Crippen LogP contribution in [-0.2, 0) is 0 Å². The number of benzene rings is 1. The van der Waals surface area contributed by atoms with Gasteiger partial charge in [0.05, 0.1) is 11.3 Å². The van der Waals surface area contributed by atoms with Crippen molar-refractivity contribution in [2.75, 3.05) is 10.5 Å². The van der Waals surface area contributed by atoms with E-state index in [0.717, 1.165) is 11.4 Å². The summed E-state index contributed by atoms with van der Waals surface area (Å²) in [5.41, 5.74) is 6.63. The first kappa shape index (κ1) is 12.9. The average Bonchev–Trinajstić information content (AvgIpc) is 2.29. The van der Waals surface area contributed by atoms with E-state index in [2.05, 4.69) is 11.6 Å². The Hall–Kier alpha value is -1.16. The molecule has 0 atom stereocenters. The Kier molecular flexibility index (Phi) is 5.78. The summed E-state index contributed by atoms with van der Waals surface area (Å²) in [6, 6.07) is 7.30. The molecule has 1 aromatic carbocycles. The van der Waals surface area contributed by atoms with E-state index < -0.39 is 5.91 Å². The summed E-state index contributed by atoms with van der Waals surface area (Å²) in [7, 11) is 0. The molecule has 0 aliphatic heterocycles. The summed E-state index contributed by atoms with van der Waals surface area (Å²) >= 11 is 1.62. The number of anilines is 1. The number of para-hydroxylation sites is 1. The summed E-state index contributed by atoms with van der Waals surface area (Å²) in [6.07, 6.45) is 3.65. The maximum absolute atomic E-state index is 11.1. The van der Waals surface area contributed by atoms with Gasteiger partial charge < -0.3 is 10.5 Å². The Balaban J connectivity index is 2.44. The Bertz CT molecular complexity index is 342. The standard InChI is InChI=1S/C12H18N2OS/c1-2-3-6-9-16-14-11-8-5-4-7-10(11)12(13)15/h4-5,7-8,14H,2-3,6,9H2,1H3,(H2,13,15). The van der Waals surface area contributed by atoms with Gasteiger partial charge in [0.15, 0.2) is 0 Å². The molecular formula is C12H18N2OS. The zero-order chi connectivity index (χ0) is 11.8. The number of hydrogen-bond acceptors (Lipinski definition) is 3. The van der Waals surface area contributed by atoms with Gasteiger partial charge in [-0.05, 0) is 18.6 Å². The van der Waals surface area contributed by atoms with Crippen LogP contribution in [0.25, 0.3) is 0 Å². The average molecular weight is 238 g/mol. The van der Waals surface area contributed by atoms with Gasteiger partial charge >= 0.3 is 0 Å². The molecule has 0 unspecified atom stereocenters. The van der Waals surface area contributed by atoms with Crippen LogP contribution in [0.3, 0.4) is 0 Å². The Morgan fingerprint density at radius 1 is 1.38 bits per heavy atom. The molecule has 16 heavy (non-hydrogen) atoms. The van der Waals surface area contributed by atoms with E-state index in [1.165, 1.54) is 19.3 Å². The molecule has 4 heteroatoms. The van der Waals surface area contributed by atoms with Gasteiger partial charge in [0.25, 0.3) is 5.91 Å². The Morgan fingerprint density at radius 3 is 2.81 bits per heavy atom. The summed E-state index contributed by atoms with van der Waals surface area (Å²) < 4.78 is 3.17. The normalized spacial score (nSPS) is 10.1. The predicted octanol–water partition coefficient (Wildman–Crippen LogP) is 3.04. The minimum absolute atomic E-state index is 0.391. The third kappa shape index (κ3) is 4.14. The van der Waals surface area contributed by atoms with Crippen molar-refractivity contribution in [3.8, 4) is 0 Å². The fourth-order valence-electron chi connectivity index (χ4n) is 1.34. The first-order chi connectivity index (χ1) is 7.75. The van der Waals surface area contributed by atoms with Crippen molar-refractivity contribution in [3.05, 3.63) is 29.8 Å². The lowest BCUT2D eigenvalue weighted by molar-refractivity contribution is 0.100. The van der Waals surface area contributed by atoms with Crippen LogP contribution in [0.1, 0.15) is 36.5 Å². The highest BCUT2D eigenvalue weighted by Crippen LogP contribution is 2.18. The summed E-state index contributed by atoms with van der Waals surface area (Å²) in [5, 5.41) is 0. The molecule has 0 saturated carbocycles. The van der Waals surface area contributed by atoms with Gasteiger partial charge in [-0.15, -0.1) is 0 Å². The van der Waals surface area contributed by atoms with Crippen molar-refractivity contribution in [1.29, 1.82) is 0 Å². The van der Waals surface area contributed by atoms with Crippen molar-refractivity contribution < 1.29 is 4.79 Å². The number of amides is 1. The van der Waals surface area contributed by atoms with Crippen LogP contribution < -0.4 is 10.5 Å². The number of hydrogen-bond donors (Lipinski definition) is 2. The van der Waals surface area contributed by atoms with Crippen molar-refractivity contribution in [2.24, 2.45) is 5.73 Å². The van der Waals surface area contributed by atoms with E-state index in [9.17, 15) is 4.79 Å². The third-order valence-corrected chi connectivity index (χ3v) is 3.08. The number of primary amides is 1. The highest BCUT2D eigenvalue weighted by Gasteiger charge is 2.05. The number of unbranched alkanes of at least 4 members (excludes halogenated alkanes) is 2. The maximum atomic E-state index is 11.1. The van der Waals surface area contributed by atoms with Crippen LogP contribution in [0, 0.1) is 0 Å². The van der Waals surface area contributed by atoms with Crippen LogP contribution in [0.2, 0.25) is 0 Å². The summed E-state index contributed by atoms with van der Waals surface area (Å²) in [5.74, 6) is 0.651. The molecule has 0 aliphatic carbocycles. The van der Waals surface area contributed by atoms with Crippen molar-refractivity contribution >= 4 is 23.5 Å². The molecule has 0 aliphatic rings. The van der Waals surface area contributed by atoms with Gasteiger partial charge in [-0.3, -0.25) is 4.79 Å². The molecule has 0 bridgehead atoms. The first-order valence-electron chi connectivity index (χ1n) is 5.52. The molecule has 0 radical (unpaired) electrons. The van der Waals surface area contributed by atoms with E-state index in [1.807, 2.05) is 18.2 Å². The molecule has 0 aromatic heterocycles. The minimum atomic E-state index is -0.391. The van der Waals surface area contributed by atoms with Gasteiger partial charge in [-0.1, -0.05) is 43.8 Å². The second-order valence-electron chi connectivity index (χ2n) is 3.57. The molecule has 0 saturated heterocycles. The molecule has 88 valence electrons. The fourth-order valence-corrected chi connectivity index (χ4v) is 2.12. The number of nitrogens with two attached hydrogens (primary N) is 1. The highest BCUT2D eigenvalue weighted by molar-refractivity contribution is 8.00. The van der Waals surface area contributed by atoms with E-state index in [-0.39, 0.29) is 0 Å². The zero-order valence-electron chi connectivity index (χ0n) is 9.53. The van der Waals surface area contributed by atoms with Crippen LogP contribution >= 0.6 is 11.9 Å². The first-order valence-corrected chi connectivity index (χ1v) is 6.51. The minimum Gasteiger partial charge on any atom is -0.366 e. The highest BCUT2D eigenvalue weighted by atomic mass is 32.2. The lowest BCUT2D eigenvalue weighted by atomic mass is 10.2. The van der Waals surface area contributed by atoms with Gasteiger partial charge in [-0.25, -0.2) is 0 Å². The van der Waals surface area contributed by atoms with Gasteiger partial charge in [0.1, 0.15) is 0 Å². The second-order valence-corrected chi connectivity index (χ2v) is 4.47. The van der Waals surface area contributed by atoms with Gasteiger partial charge in [0.2, 0.25) is 0 Å². The topological polar surface area (TPSA) is 55.1 Å². The Morgan fingerprint density at radius 2 is 2.12 bits per heavy atom. The molecule has 1 rings (SSSR count). The van der Waals surface area contributed by atoms with Crippen LogP contribution in [-0.4, -0.2) is 11.7 Å². The molecule has 3 nitrogen and oxygen atoms in total. The Labute approximate surface area is 101 Å². The summed E-state index contributed by atoms with van der Waals surface area (Å²) in [4.78, 5) is 11.1. The predicted molar refractivity (Wildman–Crippen MR) is 70.6 cm³/mol. The molecule has 1 amide bonds. The molecule has 0 heterocycles. The van der Waals surface area contributed by atoms with Crippen LogP contribution in [0.5, 0.6) is 0 Å². The fraction of sp³-hybridized carbons (Fsp3) is 0.417. The van der Waals surface area contributed by atoms with Crippen molar-refractivity contribution in [2.45, 2.75) is 26.2 Å². The number of carbonyl (C=O) groups is 1. The lowest BCUT2D eigenvalue weighted by Crippen LogP contribution is -2.12. The van der Waals surface area contributed by atoms with Gasteiger partial charge in [0, 0.05) is 5.75 Å². The number of nitrogens with one attached hydrogen (secondary N) is 1. The van der Waals surface area contributed by atoms with Gasteiger partial charge in [-0.2, -0.15) is 0 Å². The largest absolute Gasteiger partial charge is 0.366 e. The number of carbonyl (C=O) groups excluding carboxylic acids is 1. The molecule has 0 spiro atoms. The van der Waals surface area contributed by atoms with Crippen molar-refractivity contribution in [3.63, 3.8) is 0 Å². The summed E-state index contributed by atoms with van der Waals surface area (Å²) in [6.45, 7) is 2.18. The zero-order valence-corrected chi connectivity index (χ0v) is 10.3. The third-order valence-electron chi connectivity index (χ3n) is 2.22. The monoisotopic (exact) mass is 238 g/mol. The maximum Gasteiger partial charge on any atom is 0.250 e. The molecule has 3 N–H and O–H groups in total. The molecule has 1 aromatic rings. The van der Waals surface area contributed by atoms with Crippen LogP contribution in [0.15, 0.2) is 24.3 Å². The van der Waals surface area contributed by atoms with E-state index >= 15 is 0 Å². The van der Waals surface area contributed by atoms with Crippen LogP contribution in [0.4, 0.5) is 5.69 Å². The van der Waals surface area contributed by atoms with E-state index in [1.54, 1.807) is 18.0 Å². The second kappa shape index (κ2) is 7.17. The number of rotatable bonds is 7. The molecule has 0 fully saturated rings. The lowest BCUT2D eigenvalue weighted by Gasteiger charge is -2.08.